The zero-order valence-electron chi connectivity index (χ0n) is 10.8. The summed E-state index contributed by atoms with van der Waals surface area (Å²) in [5.74, 6) is -1.03. The number of hydrogen-bond acceptors (Lipinski definition) is 4. The van der Waals surface area contributed by atoms with Crippen molar-refractivity contribution in [3.05, 3.63) is 41.2 Å². The lowest BCUT2D eigenvalue weighted by Crippen LogP contribution is -2.07. The Kier molecular flexibility index (Phi) is 3.41. The van der Waals surface area contributed by atoms with E-state index in [2.05, 4.69) is 10.4 Å². The SMILES string of the molecule is Cc1cc(NCc2ccn(C)n2)cc(C(=O)O)c1N. The minimum absolute atomic E-state index is 0.114. The van der Waals surface area contributed by atoms with Gasteiger partial charge in [0.2, 0.25) is 0 Å². The van der Waals surface area contributed by atoms with Gasteiger partial charge in [0.15, 0.2) is 0 Å². The molecule has 1 heterocycles. The predicted molar refractivity (Wildman–Crippen MR) is 73.1 cm³/mol. The molecule has 2 aromatic rings. The van der Waals surface area contributed by atoms with Crippen molar-refractivity contribution in [3.8, 4) is 0 Å². The highest BCUT2D eigenvalue weighted by Gasteiger charge is 2.11. The average molecular weight is 260 g/mol. The van der Waals surface area contributed by atoms with Crippen molar-refractivity contribution in [2.45, 2.75) is 13.5 Å². The van der Waals surface area contributed by atoms with E-state index < -0.39 is 5.97 Å². The van der Waals surface area contributed by atoms with E-state index in [1.807, 2.05) is 25.4 Å². The fourth-order valence-electron chi connectivity index (χ4n) is 1.83. The van der Waals surface area contributed by atoms with Crippen LogP contribution in [0.5, 0.6) is 0 Å². The minimum Gasteiger partial charge on any atom is -0.478 e. The number of anilines is 2. The van der Waals surface area contributed by atoms with Gasteiger partial charge in [0.05, 0.1) is 17.8 Å². The summed E-state index contributed by atoms with van der Waals surface area (Å²) < 4.78 is 1.72. The van der Waals surface area contributed by atoms with Gasteiger partial charge in [-0.2, -0.15) is 5.10 Å². The highest BCUT2D eigenvalue weighted by atomic mass is 16.4. The van der Waals surface area contributed by atoms with Crippen LogP contribution in [-0.4, -0.2) is 20.9 Å². The summed E-state index contributed by atoms with van der Waals surface area (Å²) in [6, 6.07) is 5.26. The Morgan fingerprint density at radius 2 is 2.26 bits per heavy atom. The normalized spacial score (nSPS) is 10.4. The lowest BCUT2D eigenvalue weighted by molar-refractivity contribution is 0.0698. The summed E-state index contributed by atoms with van der Waals surface area (Å²) in [5.41, 5.74) is 8.49. The lowest BCUT2D eigenvalue weighted by atomic mass is 10.1. The monoisotopic (exact) mass is 260 g/mol. The summed E-state index contributed by atoms with van der Waals surface area (Å²) >= 11 is 0. The molecular formula is C13H16N4O2. The maximum Gasteiger partial charge on any atom is 0.337 e. The second-order valence-electron chi connectivity index (χ2n) is 4.39. The number of benzene rings is 1. The van der Waals surface area contributed by atoms with Crippen LogP contribution < -0.4 is 11.1 Å². The fraction of sp³-hybridized carbons (Fsp3) is 0.231. The number of hydrogen-bond donors (Lipinski definition) is 3. The van der Waals surface area contributed by atoms with Gasteiger partial charge < -0.3 is 16.2 Å². The molecule has 19 heavy (non-hydrogen) atoms. The van der Waals surface area contributed by atoms with Crippen LogP contribution in [0.2, 0.25) is 0 Å². The minimum atomic E-state index is -1.03. The molecule has 2 rings (SSSR count). The smallest absolute Gasteiger partial charge is 0.337 e. The number of carbonyl (C=O) groups is 1. The third kappa shape index (κ3) is 2.85. The van der Waals surface area contributed by atoms with Gasteiger partial charge >= 0.3 is 5.97 Å². The van der Waals surface area contributed by atoms with Gasteiger partial charge in [0.1, 0.15) is 0 Å². The first-order chi connectivity index (χ1) is 8.97. The summed E-state index contributed by atoms with van der Waals surface area (Å²) in [7, 11) is 1.85. The maximum atomic E-state index is 11.1. The molecule has 0 saturated carbocycles. The molecule has 0 aliphatic rings. The van der Waals surface area contributed by atoms with Gasteiger partial charge in [-0.25, -0.2) is 4.79 Å². The molecule has 100 valence electrons. The number of rotatable bonds is 4. The van der Waals surface area contributed by atoms with Crippen molar-refractivity contribution >= 4 is 17.3 Å². The molecule has 0 amide bonds. The van der Waals surface area contributed by atoms with Crippen molar-refractivity contribution < 1.29 is 9.90 Å². The number of carboxylic acid groups (broad SMARTS) is 1. The first kappa shape index (κ1) is 12.9. The zero-order chi connectivity index (χ0) is 14.0. The Bertz CT molecular complexity index is 619. The molecule has 0 bridgehead atoms. The molecule has 0 spiro atoms. The first-order valence-corrected chi connectivity index (χ1v) is 5.83. The predicted octanol–water partition coefficient (Wildman–Crippen LogP) is 1.62. The van der Waals surface area contributed by atoms with E-state index in [9.17, 15) is 4.79 Å². The van der Waals surface area contributed by atoms with Gasteiger partial charge in [0, 0.05) is 24.6 Å². The van der Waals surface area contributed by atoms with Crippen LogP contribution in [0, 0.1) is 6.92 Å². The molecule has 0 unspecified atom stereocenters. The van der Waals surface area contributed by atoms with Crippen molar-refractivity contribution in [3.63, 3.8) is 0 Å². The number of nitrogens with zero attached hydrogens (tertiary/aromatic N) is 2. The van der Waals surface area contributed by atoms with Crippen LogP contribution >= 0.6 is 0 Å². The first-order valence-electron chi connectivity index (χ1n) is 5.83. The number of aromatic carboxylic acids is 1. The Hall–Kier alpha value is -2.50. The second kappa shape index (κ2) is 5.01. The molecule has 6 heteroatoms. The van der Waals surface area contributed by atoms with E-state index in [-0.39, 0.29) is 5.56 Å². The summed E-state index contributed by atoms with van der Waals surface area (Å²) in [6.45, 7) is 2.32. The molecule has 0 atom stereocenters. The molecular weight excluding hydrogens is 244 g/mol. The Labute approximate surface area is 110 Å². The number of aryl methyl sites for hydroxylation is 2. The average Bonchev–Trinajstić information content (AvgIpc) is 2.76. The third-order valence-electron chi connectivity index (χ3n) is 2.86. The zero-order valence-corrected chi connectivity index (χ0v) is 10.8. The Balaban J connectivity index is 2.19. The third-order valence-corrected chi connectivity index (χ3v) is 2.86. The Morgan fingerprint density at radius 3 is 2.84 bits per heavy atom. The van der Waals surface area contributed by atoms with Gasteiger partial charge in [-0.3, -0.25) is 4.68 Å². The highest BCUT2D eigenvalue weighted by Crippen LogP contribution is 2.23. The molecule has 4 N–H and O–H groups in total. The van der Waals surface area contributed by atoms with Gasteiger partial charge in [-0.1, -0.05) is 0 Å². The van der Waals surface area contributed by atoms with E-state index in [4.69, 9.17) is 10.8 Å². The molecule has 0 radical (unpaired) electrons. The number of aromatic nitrogens is 2. The van der Waals surface area contributed by atoms with E-state index in [0.717, 1.165) is 16.9 Å². The molecule has 0 fully saturated rings. The van der Waals surface area contributed by atoms with E-state index in [0.29, 0.717) is 12.2 Å². The number of nitrogen functional groups attached to an aromatic ring is 1. The fourth-order valence-corrected chi connectivity index (χ4v) is 1.83. The summed E-state index contributed by atoms with van der Waals surface area (Å²) in [6.07, 6.45) is 1.86. The number of nitrogens with one attached hydrogen (secondary N) is 1. The largest absolute Gasteiger partial charge is 0.478 e. The molecule has 6 nitrogen and oxygen atoms in total. The second-order valence-corrected chi connectivity index (χ2v) is 4.39. The quantitative estimate of drug-likeness (QED) is 0.726. The van der Waals surface area contributed by atoms with Gasteiger partial charge in [-0.15, -0.1) is 0 Å². The number of carboxylic acids is 1. The van der Waals surface area contributed by atoms with Crippen LogP contribution in [0.25, 0.3) is 0 Å². The molecule has 0 aliphatic carbocycles. The van der Waals surface area contributed by atoms with E-state index in [1.165, 1.54) is 6.07 Å². The van der Waals surface area contributed by atoms with E-state index in [1.54, 1.807) is 11.6 Å². The molecule has 1 aromatic heterocycles. The van der Waals surface area contributed by atoms with Crippen molar-refractivity contribution in [1.82, 2.24) is 9.78 Å². The molecule has 0 saturated heterocycles. The topological polar surface area (TPSA) is 93.2 Å². The van der Waals surface area contributed by atoms with Crippen LogP contribution in [0.15, 0.2) is 24.4 Å². The highest BCUT2D eigenvalue weighted by molar-refractivity contribution is 5.95. The maximum absolute atomic E-state index is 11.1. The van der Waals surface area contributed by atoms with Crippen LogP contribution in [0.4, 0.5) is 11.4 Å². The summed E-state index contributed by atoms with van der Waals surface area (Å²) in [4.78, 5) is 11.1. The van der Waals surface area contributed by atoms with Crippen LogP contribution in [-0.2, 0) is 13.6 Å². The van der Waals surface area contributed by atoms with Crippen molar-refractivity contribution in [1.29, 1.82) is 0 Å². The lowest BCUT2D eigenvalue weighted by Gasteiger charge is -2.10. The number of nitrogens with two attached hydrogens (primary N) is 1. The molecule has 0 aliphatic heterocycles. The summed E-state index contributed by atoms with van der Waals surface area (Å²) in [5, 5.41) is 16.5. The Morgan fingerprint density at radius 1 is 1.53 bits per heavy atom. The van der Waals surface area contributed by atoms with E-state index >= 15 is 0 Å². The van der Waals surface area contributed by atoms with Crippen LogP contribution in [0.1, 0.15) is 21.6 Å². The van der Waals surface area contributed by atoms with Crippen molar-refractivity contribution in [2.75, 3.05) is 11.1 Å². The molecule has 1 aromatic carbocycles. The van der Waals surface area contributed by atoms with Crippen LogP contribution in [0.3, 0.4) is 0 Å². The van der Waals surface area contributed by atoms with Gasteiger partial charge in [0.25, 0.3) is 0 Å². The van der Waals surface area contributed by atoms with Crippen molar-refractivity contribution in [2.24, 2.45) is 7.05 Å². The van der Waals surface area contributed by atoms with Gasteiger partial charge in [-0.05, 0) is 30.7 Å². The standard InChI is InChI=1S/C13H16N4O2/c1-8-5-10(6-11(12(8)14)13(18)19)15-7-9-3-4-17(2)16-9/h3-6,15H,7,14H2,1-2H3,(H,18,19).